The molecule has 0 aromatic heterocycles. The lowest BCUT2D eigenvalue weighted by Gasteiger charge is -2.37. The molecule has 0 spiro atoms. The Morgan fingerprint density at radius 1 is 1.35 bits per heavy atom. The lowest BCUT2D eigenvalue weighted by molar-refractivity contribution is -0.114. The normalized spacial score (nSPS) is 17.2. The largest absolute Gasteiger partial charge is 0.485 e. The van der Waals surface area contributed by atoms with Gasteiger partial charge in [0.15, 0.2) is 23.3 Å². The number of para-hydroxylation sites is 1. The number of carbonyl (C=O) groups excluding carboxylic acids is 1. The molecule has 0 saturated heterocycles. The first-order valence-corrected chi connectivity index (χ1v) is 8.96. The van der Waals surface area contributed by atoms with Gasteiger partial charge in [0.05, 0.1) is 5.54 Å². The summed E-state index contributed by atoms with van der Waals surface area (Å²) in [6.07, 6.45) is 6.95. The molecule has 0 bridgehead atoms. The van der Waals surface area contributed by atoms with E-state index in [1.54, 1.807) is 0 Å². The SMILES string of the molecule is CN(C=O)C(=N)NC(C)(COc1c(F)cccc1F)CC1CCCCC1. The molecule has 1 aliphatic carbocycles. The highest BCUT2D eigenvalue weighted by Gasteiger charge is 2.32. The number of halogens is 2. The second-order valence-electron chi connectivity index (χ2n) is 7.30. The second-order valence-corrected chi connectivity index (χ2v) is 7.30. The third kappa shape index (κ3) is 5.41. The van der Waals surface area contributed by atoms with Gasteiger partial charge in [-0.25, -0.2) is 8.78 Å². The fraction of sp³-hybridized carbons (Fsp3) is 0.579. The molecule has 1 unspecified atom stereocenters. The van der Waals surface area contributed by atoms with Crippen LogP contribution < -0.4 is 10.1 Å². The Balaban J connectivity index is 2.12. The molecule has 1 aromatic rings. The molecule has 1 amide bonds. The van der Waals surface area contributed by atoms with E-state index in [4.69, 9.17) is 10.1 Å². The molecule has 2 rings (SSSR count). The fourth-order valence-corrected chi connectivity index (χ4v) is 3.45. The van der Waals surface area contributed by atoms with Crippen LogP contribution in [0.5, 0.6) is 5.75 Å². The second kappa shape index (κ2) is 8.96. The van der Waals surface area contributed by atoms with Crippen molar-refractivity contribution in [2.24, 2.45) is 5.92 Å². The molecule has 1 aliphatic rings. The number of amides is 1. The van der Waals surface area contributed by atoms with Crippen LogP contribution in [0, 0.1) is 23.0 Å². The van der Waals surface area contributed by atoms with Gasteiger partial charge in [0.1, 0.15) is 6.61 Å². The van der Waals surface area contributed by atoms with Gasteiger partial charge in [-0.2, -0.15) is 0 Å². The van der Waals surface area contributed by atoms with Crippen molar-refractivity contribution < 1.29 is 18.3 Å². The van der Waals surface area contributed by atoms with Gasteiger partial charge in [0, 0.05) is 7.05 Å². The Morgan fingerprint density at radius 2 is 1.96 bits per heavy atom. The van der Waals surface area contributed by atoms with Crippen molar-refractivity contribution in [2.45, 2.75) is 51.0 Å². The zero-order chi connectivity index (χ0) is 19.2. The van der Waals surface area contributed by atoms with E-state index in [-0.39, 0.29) is 12.6 Å². The summed E-state index contributed by atoms with van der Waals surface area (Å²) in [5, 5.41) is 11.0. The van der Waals surface area contributed by atoms with Gasteiger partial charge in [-0.1, -0.05) is 38.2 Å². The standard InChI is InChI=1S/C19H27F2N3O2/c1-19(23-18(22)24(2)13-25,11-14-7-4-3-5-8-14)12-26-17-15(20)9-6-10-16(17)21/h6,9-10,13-14H,3-5,7-8,11-12H2,1-2H3,(H2,22,23). The van der Waals surface area contributed by atoms with Crippen molar-refractivity contribution >= 4 is 12.4 Å². The number of nitrogens with one attached hydrogen (secondary N) is 2. The summed E-state index contributed by atoms with van der Waals surface area (Å²) in [5.41, 5.74) is -0.731. The summed E-state index contributed by atoms with van der Waals surface area (Å²) in [6, 6.07) is 3.57. The number of rotatable bonds is 7. The van der Waals surface area contributed by atoms with Crippen LogP contribution >= 0.6 is 0 Å². The van der Waals surface area contributed by atoms with Crippen LogP contribution in [0.2, 0.25) is 0 Å². The molecule has 2 N–H and O–H groups in total. The predicted molar refractivity (Wildman–Crippen MR) is 96.1 cm³/mol. The number of guanidine groups is 1. The number of carbonyl (C=O) groups is 1. The fourth-order valence-electron chi connectivity index (χ4n) is 3.45. The number of hydrogen-bond acceptors (Lipinski definition) is 3. The highest BCUT2D eigenvalue weighted by molar-refractivity contribution is 5.86. The van der Waals surface area contributed by atoms with E-state index in [0.717, 1.165) is 42.7 Å². The van der Waals surface area contributed by atoms with E-state index in [0.29, 0.717) is 18.7 Å². The molecule has 1 fully saturated rings. The number of ether oxygens (including phenoxy) is 1. The van der Waals surface area contributed by atoms with Gasteiger partial charge in [0.2, 0.25) is 6.41 Å². The van der Waals surface area contributed by atoms with Crippen molar-refractivity contribution in [1.82, 2.24) is 10.2 Å². The molecule has 5 nitrogen and oxygen atoms in total. The molecule has 1 aromatic carbocycles. The lowest BCUT2D eigenvalue weighted by Crippen LogP contribution is -2.55. The highest BCUT2D eigenvalue weighted by Crippen LogP contribution is 2.31. The van der Waals surface area contributed by atoms with Gasteiger partial charge >= 0.3 is 0 Å². The van der Waals surface area contributed by atoms with Gasteiger partial charge in [-0.3, -0.25) is 15.1 Å². The molecule has 1 atom stereocenters. The summed E-state index contributed by atoms with van der Waals surface area (Å²) in [5.74, 6) is -1.56. The Kier molecular flexibility index (Phi) is 6.94. The van der Waals surface area contributed by atoms with Gasteiger partial charge in [0.25, 0.3) is 0 Å². The Bertz CT molecular complexity index is 615. The number of hydrogen-bond donors (Lipinski definition) is 2. The van der Waals surface area contributed by atoms with Crippen LogP contribution in [0.1, 0.15) is 45.4 Å². The average Bonchev–Trinajstić information content (AvgIpc) is 2.61. The van der Waals surface area contributed by atoms with E-state index in [9.17, 15) is 13.6 Å². The molecule has 26 heavy (non-hydrogen) atoms. The minimum absolute atomic E-state index is 0.0174. The minimum atomic E-state index is -0.759. The summed E-state index contributed by atoms with van der Waals surface area (Å²) in [7, 11) is 1.47. The van der Waals surface area contributed by atoms with E-state index < -0.39 is 22.9 Å². The average molecular weight is 367 g/mol. The molecule has 7 heteroatoms. The molecular weight excluding hydrogens is 340 g/mol. The first-order valence-electron chi connectivity index (χ1n) is 8.96. The Morgan fingerprint density at radius 3 is 2.54 bits per heavy atom. The van der Waals surface area contributed by atoms with Crippen molar-refractivity contribution in [3.63, 3.8) is 0 Å². The molecular formula is C19H27F2N3O2. The van der Waals surface area contributed by atoms with Crippen molar-refractivity contribution in [3.8, 4) is 5.75 Å². The zero-order valence-corrected chi connectivity index (χ0v) is 15.4. The van der Waals surface area contributed by atoms with Gasteiger partial charge in [-0.05, 0) is 31.4 Å². The number of nitrogens with zero attached hydrogens (tertiary/aromatic N) is 1. The number of benzene rings is 1. The van der Waals surface area contributed by atoms with Crippen molar-refractivity contribution in [2.75, 3.05) is 13.7 Å². The van der Waals surface area contributed by atoms with E-state index in [1.807, 2.05) is 6.92 Å². The van der Waals surface area contributed by atoms with E-state index in [1.165, 1.54) is 19.5 Å². The smallest absolute Gasteiger partial charge is 0.216 e. The predicted octanol–water partition coefficient (Wildman–Crippen LogP) is 3.69. The third-order valence-electron chi connectivity index (χ3n) is 4.85. The molecule has 0 aliphatic heterocycles. The van der Waals surface area contributed by atoms with Crippen LogP contribution in [0.15, 0.2) is 18.2 Å². The van der Waals surface area contributed by atoms with Crippen LogP contribution in [-0.2, 0) is 4.79 Å². The van der Waals surface area contributed by atoms with Crippen LogP contribution in [-0.4, -0.2) is 36.5 Å². The van der Waals surface area contributed by atoms with Crippen molar-refractivity contribution in [1.29, 1.82) is 5.41 Å². The maximum atomic E-state index is 13.8. The molecule has 0 heterocycles. The van der Waals surface area contributed by atoms with E-state index >= 15 is 0 Å². The summed E-state index contributed by atoms with van der Waals surface area (Å²) in [6.45, 7) is 1.84. The summed E-state index contributed by atoms with van der Waals surface area (Å²) >= 11 is 0. The Hall–Kier alpha value is -2.18. The first kappa shape index (κ1) is 20.1. The van der Waals surface area contributed by atoms with Crippen LogP contribution in [0.4, 0.5) is 8.78 Å². The quantitative estimate of drug-likeness (QED) is 0.439. The first-order chi connectivity index (χ1) is 12.3. The van der Waals surface area contributed by atoms with Gasteiger partial charge in [-0.15, -0.1) is 0 Å². The zero-order valence-electron chi connectivity index (χ0n) is 15.4. The molecule has 1 saturated carbocycles. The maximum Gasteiger partial charge on any atom is 0.216 e. The topological polar surface area (TPSA) is 65.4 Å². The monoisotopic (exact) mass is 367 g/mol. The minimum Gasteiger partial charge on any atom is -0.485 e. The Labute approximate surface area is 153 Å². The van der Waals surface area contributed by atoms with Gasteiger partial charge < -0.3 is 10.1 Å². The molecule has 0 radical (unpaired) electrons. The summed E-state index contributed by atoms with van der Waals surface area (Å²) < 4.78 is 33.2. The summed E-state index contributed by atoms with van der Waals surface area (Å²) in [4.78, 5) is 12.0. The van der Waals surface area contributed by atoms with Crippen molar-refractivity contribution in [3.05, 3.63) is 29.8 Å². The maximum absolute atomic E-state index is 13.8. The van der Waals surface area contributed by atoms with Crippen LogP contribution in [0.25, 0.3) is 0 Å². The molecule has 144 valence electrons. The third-order valence-corrected chi connectivity index (χ3v) is 4.85. The lowest BCUT2D eigenvalue weighted by atomic mass is 9.80. The van der Waals surface area contributed by atoms with E-state index in [2.05, 4.69) is 5.32 Å². The van der Waals surface area contributed by atoms with Crippen LogP contribution in [0.3, 0.4) is 0 Å². The highest BCUT2D eigenvalue weighted by atomic mass is 19.1.